The molecule has 0 unspecified atom stereocenters. The Hall–Kier alpha value is -2.19. The Morgan fingerprint density at radius 1 is 1.35 bits per heavy atom. The molecule has 0 aliphatic rings. The van der Waals surface area contributed by atoms with Crippen LogP contribution in [0.4, 0.5) is 5.13 Å². The SMILES string of the molecule is Cc1ccc(Sc2nsc(NC(=O)Cc3cnn(C)c3)n2)cc1. The number of hydrogen-bond acceptors (Lipinski definition) is 6. The van der Waals surface area contributed by atoms with Crippen molar-refractivity contribution < 1.29 is 4.79 Å². The predicted molar refractivity (Wildman–Crippen MR) is 90.8 cm³/mol. The van der Waals surface area contributed by atoms with E-state index in [1.807, 2.05) is 44.4 Å². The van der Waals surface area contributed by atoms with Crippen LogP contribution in [0.15, 0.2) is 46.7 Å². The maximum Gasteiger partial charge on any atom is 0.230 e. The molecular formula is C15H15N5OS2. The Bertz CT molecular complexity index is 809. The predicted octanol–water partition coefficient (Wildman–Crippen LogP) is 2.91. The lowest BCUT2D eigenvalue weighted by Crippen LogP contribution is -2.13. The highest BCUT2D eigenvalue weighted by Gasteiger charge is 2.10. The molecule has 0 aliphatic carbocycles. The Balaban J connectivity index is 1.58. The van der Waals surface area contributed by atoms with E-state index in [1.54, 1.807) is 10.9 Å². The number of carbonyl (C=O) groups excluding carboxylic acids is 1. The molecule has 3 aromatic rings. The van der Waals surface area contributed by atoms with E-state index in [1.165, 1.54) is 28.9 Å². The molecule has 2 heterocycles. The van der Waals surface area contributed by atoms with Crippen molar-refractivity contribution in [2.24, 2.45) is 7.05 Å². The van der Waals surface area contributed by atoms with Crippen molar-refractivity contribution in [3.05, 3.63) is 47.8 Å². The lowest BCUT2D eigenvalue weighted by Gasteiger charge is -1.99. The van der Waals surface area contributed by atoms with Crippen molar-refractivity contribution in [1.29, 1.82) is 0 Å². The number of rotatable bonds is 5. The highest BCUT2D eigenvalue weighted by Crippen LogP contribution is 2.27. The number of aromatic nitrogens is 4. The first-order valence-electron chi connectivity index (χ1n) is 6.94. The van der Waals surface area contributed by atoms with Gasteiger partial charge in [-0.15, -0.1) is 0 Å². The first kappa shape index (κ1) is 15.7. The number of nitrogens with zero attached hydrogens (tertiary/aromatic N) is 4. The van der Waals surface area contributed by atoms with Crippen LogP contribution in [0.1, 0.15) is 11.1 Å². The van der Waals surface area contributed by atoms with Gasteiger partial charge in [-0.3, -0.25) is 9.48 Å². The summed E-state index contributed by atoms with van der Waals surface area (Å²) in [6.45, 7) is 2.05. The fraction of sp³-hybridized carbons (Fsp3) is 0.200. The van der Waals surface area contributed by atoms with Crippen LogP contribution in [0.5, 0.6) is 0 Å². The zero-order chi connectivity index (χ0) is 16.2. The molecule has 118 valence electrons. The van der Waals surface area contributed by atoms with E-state index in [9.17, 15) is 4.79 Å². The monoisotopic (exact) mass is 345 g/mol. The quantitative estimate of drug-likeness (QED) is 0.770. The summed E-state index contributed by atoms with van der Waals surface area (Å²) in [7, 11) is 1.82. The molecule has 23 heavy (non-hydrogen) atoms. The second kappa shape index (κ2) is 6.93. The van der Waals surface area contributed by atoms with Gasteiger partial charge in [0.25, 0.3) is 0 Å². The summed E-state index contributed by atoms with van der Waals surface area (Å²) < 4.78 is 5.93. The number of anilines is 1. The standard InChI is InChI=1S/C15H15N5OS2/c1-10-3-5-12(6-4-10)22-15-18-14(23-19-15)17-13(21)7-11-8-16-20(2)9-11/h3-6,8-9H,7H2,1-2H3,(H,17,18,19,21). The Labute approximate surface area is 142 Å². The van der Waals surface area contributed by atoms with Gasteiger partial charge in [0.2, 0.25) is 16.2 Å². The molecule has 2 aromatic heterocycles. The molecule has 1 aromatic carbocycles. The Kier molecular flexibility index (Phi) is 4.73. The first-order valence-corrected chi connectivity index (χ1v) is 8.53. The summed E-state index contributed by atoms with van der Waals surface area (Å²) in [5.41, 5.74) is 2.08. The molecular weight excluding hydrogens is 330 g/mol. The molecule has 0 bridgehead atoms. The largest absolute Gasteiger partial charge is 0.300 e. The molecule has 0 radical (unpaired) electrons. The zero-order valence-electron chi connectivity index (χ0n) is 12.7. The van der Waals surface area contributed by atoms with Crippen LogP contribution < -0.4 is 5.32 Å². The summed E-state index contributed by atoms with van der Waals surface area (Å²) >= 11 is 2.66. The van der Waals surface area contributed by atoms with Gasteiger partial charge in [-0.1, -0.05) is 17.7 Å². The molecule has 1 N–H and O–H groups in total. The number of aryl methyl sites for hydroxylation is 2. The minimum Gasteiger partial charge on any atom is -0.300 e. The van der Waals surface area contributed by atoms with Gasteiger partial charge in [0.05, 0.1) is 12.6 Å². The average molecular weight is 345 g/mol. The molecule has 0 saturated heterocycles. The van der Waals surface area contributed by atoms with Crippen molar-refractivity contribution in [2.75, 3.05) is 5.32 Å². The highest BCUT2D eigenvalue weighted by molar-refractivity contribution is 7.99. The third-order valence-corrected chi connectivity index (χ3v) is 4.63. The zero-order valence-corrected chi connectivity index (χ0v) is 14.3. The van der Waals surface area contributed by atoms with Crippen LogP contribution in [0.3, 0.4) is 0 Å². The Morgan fingerprint density at radius 2 is 2.13 bits per heavy atom. The second-order valence-electron chi connectivity index (χ2n) is 5.04. The molecule has 8 heteroatoms. The third kappa shape index (κ3) is 4.40. The first-order chi connectivity index (χ1) is 11.1. The van der Waals surface area contributed by atoms with Gasteiger partial charge < -0.3 is 5.32 Å². The number of benzene rings is 1. The third-order valence-electron chi connectivity index (χ3n) is 3.01. The molecule has 3 rings (SSSR count). The fourth-order valence-corrected chi connectivity index (χ4v) is 3.36. The van der Waals surface area contributed by atoms with E-state index >= 15 is 0 Å². The maximum absolute atomic E-state index is 12.0. The van der Waals surface area contributed by atoms with Crippen LogP contribution in [0, 0.1) is 6.92 Å². The van der Waals surface area contributed by atoms with E-state index in [4.69, 9.17) is 0 Å². The lowest BCUT2D eigenvalue weighted by molar-refractivity contribution is -0.115. The molecule has 0 atom stereocenters. The van der Waals surface area contributed by atoms with Gasteiger partial charge >= 0.3 is 0 Å². The van der Waals surface area contributed by atoms with E-state index in [0.717, 1.165) is 10.5 Å². The van der Waals surface area contributed by atoms with E-state index < -0.39 is 0 Å². The van der Waals surface area contributed by atoms with Crippen molar-refractivity contribution in [2.45, 2.75) is 23.4 Å². The van der Waals surface area contributed by atoms with Gasteiger partial charge in [0.15, 0.2) is 0 Å². The minimum atomic E-state index is -0.124. The number of hydrogen-bond donors (Lipinski definition) is 1. The molecule has 0 fully saturated rings. The van der Waals surface area contributed by atoms with E-state index in [0.29, 0.717) is 10.3 Å². The van der Waals surface area contributed by atoms with Gasteiger partial charge in [-0.2, -0.15) is 14.5 Å². The van der Waals surface area contributed by atoms with Crippen molar-refractivity contribution in [1.82, 2.24) is 19.1 Å². The van der Waals surface area contributed by atoms with Crippen LogP contribution in [0.2, 0.25) is 0 Å². The van der Waals surface area contributed by atoms with Crippen LogP contribution in [0.25, 0.3) is 0 Å². The van der Waals surface area contributed by atoms with Gasteiger partial charge in [-0.05, 0) is 36.4 Å². The Morgan fingerprint density at radius 3 is 2.83 bits per heavy atom. The van der Waals surface area contributed by atoms with Crippen molar-refractivity contribution >= 4 is 34.3 Å². The second-order valence-corrected chi connectivity index (χ2v) is 6.84. The molecule has 6 nitrogen and oxygen atoms in total. The van der Waals surface area contributed by atoms with Crippen molar-refractivity contribution in [3.8, 4) is 0 Å². The number of nitrogens with one attached hydrogen (secondary N) is 1. The normalized spacial score (nSPS) is 10.7. The summed E-state index contributed by atoms with van der Waals surface area (Å²) in [5.74, 6) is -0.124. The van der Waals surface area contributed by atoms with Gasteiger partial charge in [-0.25, -0.2) is 0 Å². The van der Waals surface area contributed by atoms with Crippen molar-refractivity contribution in [3.63, 3.8) is 0 Å². The minimum absolute atomic E-state index is 0.124. The van der Waals surface area contributed by atoms with Gasteiger partial charge in [0, 0.05) is 29.7 Å². The molecule has 0 saturated carbocycles. The lowest BCUT2D eigenvalue weighted by atomic mass is 10.2. The summed E-state index contributed by atoms with van der Waals surface area (Å²) in [4.78, 5) is 17.4. The summed E-state index contributed by atoms with van der Waals surface area (Å²) in [6.07, 6.45) is 3.77. The maximum atomic E-state index is 12.0. The highest BCUT2D eigenvalue weighted by atomic mass is 32.2. The van der Waals surface area contributed by atoms with E-state index in [-0.39, 0.29) is 12.3 Å². The number of amides is 1. The van der Waals surface area contributed by atoms with Gasteiger partial charge in [0.1, 0.15) is 0 Å². The number of carbonyl (C=O) groups is 1. The topological polar surface area (TPSA) is 72.7 Å². The molecule has 0 aliphatic heterocycles. The molecule has 1 amide bonds. The molecule has 0 spiro atoms. The van der Waals surface area contributed by atoms with Crippen LogP contribution >= 0.6 is 23.3 Å². The fourth-order valence-electron chi connectivity index (χ4n) is 1.93. The van der Waals surface area contributed by atoms with Crippen LogP contribution in [-0.2, 0) is 18.3 Å². The smallest absolute Gasteiger partial charge is 0.230 e. The average Bonchev–Trinajstić information content (AvgIpc) is 3.11. The van der Waals surface area contributed by atoms with E-state index in [2.05, 4.69) is 19.8 Å². The summed E-state index contributed by atoms with van der Waals surface area (Å²) in [6, 6.07) is 8.15. The van der Waals surface area contributed by atoms with Crippen LogP contribution in [-0.4, -0.2) is 25.0 Å². The summed E-state index contributed by atoms with van der Waals surface area (Å²) in [5, 5.41) is 7.95.